The van der Waals surface area contributed by atoms with Crippen LogP contribution in [0.3, 0.4) is 0 Å². The van der Waals surface area contributed by atoms with Gasteiger partial charge in [-0.15, -0.1) is 0 Å². The van der Waals surface area contributed by atoms with Crippen LogP contribution in [0.2, 0.25) is 0 Å². The first-order valence-corrected chi connectivity index (χ1v) is 6.11. The Hall–Kier alpha value is -0.910. The topological polar surface area (TPSA) is 70.3 Å². The van der Waals surface area contributed by atoms with Crippen LogP contribution in [0.4, 0.5) is 0 Å². The van der Waals surface area contributed by atoms with E-state index in [1.807, 2.05) is 6.20 Å². The minimum absolute atomic E-state index is 0.0339. The molecule has 98 valence electrons. The van der Waals surface area contributed by atoms with Gasteiger partial charge in [0.05, 0.1) is 19.3 Å². The summed E-state index contributed by atoms with van der Waals surface area (Å²) in [5.74, 6) is 0. The average Bonchev–Trinajstić information content (AvgIpc) is 2.75. The van der Waals surface area contributed by atoms with Gasteiger partial charge in [0.1, 0.15) is 0 Å². The van der Waals surface area contributed by atoms with Crippen molar-refractivity contribution >= 4 is 0 Å². The molecule has 0 radical (unpaired) electrons. The van der Waals surface area contributed by atoms with Crippen molar-refractivity contribution in [3.63, 3.8) is 0 Å². The van der Waals surface area contributed by atoms with Gasteiger partial charge >= 0.3 is 0 Å². The Balaban J connectivity index is 2.47. The molecule has 1 heterocycles. The van der Waals surface area contributed by atoms with E-state index in [1.54, 1.807) is 10.9 Å². The summed E-state index contributed by atoms with van der Waals surface area (Å²) in [4.78, 5) is 0. The summed E-state index contributed by atoms with van der Waals surface area (Å²) in [5.41, 5.74) is 1.06. The van der Waals surface area contributed by atoms with Crippen LogP contribution in [-0.2, 0) is 13.1 Å². The van der Waals surface area contributed by atoms with Gasteiger partial charge in [-0.3, -0.25) is 4.68 Å². The highest BCUT2D eigenvalue weighted by molar-refractivity contribution is 5.04. The molecule has 1 unspecified atom stereocenters. The second-order valence-electron chi connectivity index (χ2n) is 4.58. The minimum atomic E-state index is -0.0339. The lowest BCUT2D eigenvalue weighted by Gasteiger charge is -2.28. The molecule has 17 heavy (non-hydrogen) atoms. The Morgan fingerprint density at radius 1 is 1.41 bits per heavy atom. The van der Waals surface area contributed by atoms with Gasteiger partial charge in [0.15, 0.2) is 0 Å². The molecule has 0 aromatic carbocycles. The van der Waals surface area contributed by atoms with Gasteiger partial charge in [-0.2, -0.15) is 5.10 Å². The number of aliphatic hydroxyl groups excluding tert-OH is 2. The number of nitrogens with zero attached hydrogens (tertiary/aromatic N) is 2. The van der Waals surface area contributed by atoms with E-state index in [0.29, 0.717) is 6.54 Å². The van der Waals surface area contributed by atoms with Crippen molar-refractivity contribution in [1.29, 1.82) is 0 Å². The van der Waals surface area contributed by atoms with Crippen LogP contribution in [0.15, 0.2) is 12.4 Å². The molecule has 0 aliphatic rings. The number of rotatable bonds is 8. The fraction of sp³-hybridized carbons (Fsp3) is 0.750. The highest BCUT2D eigenvalue weighted by atomic mass is 16.3. The lowest BCUT2D eigenvalue weighted by molar-refractivity contribution is 0.214. The van der Waals surface area contributed by atoms with Gasteiger partial charge in [0.2, 0.25) is 0 Å². The highest BCUT2D eigenvalue weighted by Crippen LogP contribution is 2.14. The number of aliphatic hydroxyl groups is 2. The first-order valence-electron chi connectivity index (χ1n) is 6.11. The Labute approximate surface area is 102 Å². The predicted octanol–water partition coefficient (Wildman–Crippen LogP) is 0.516. The molecule has 5 nitrogen and oxygen atoms in total. The van der Waals surface area contributed by atoms with Gasteiger partial charge in [0.25, 0.3) is 0 Å². The lowest BCUT2D eigenvalue weighted by atomic mass is 9.95. The van der Waals surface area contributed by atoms with E-state index < -0.39 is 0 Å². The maximum absolute atomic E-state index is 9.02. The van der Waals surface area contributed by atoms with Crippen LogP contribution in [0.1, 0.15) is 32.3 Å². The molecular weight excluding hydrogens is 218 g/mol. The van der Waals surface area contributed by atoms with Crippen LogP contribution in [-0.4, -0.2) is 38.7 Å². The van der Waals surface area contributed by atoms with E-state index in [9.17, 15) is 0 Å². The number of hydrogen-bond donors (Lipinski definition) is 3. The van der Waals surface area contributed by atoms with Crippen molar-refractivity contribution in [1.82, 2.24) is 15.1 Å². The first-order chi connectivity index (χ1) is 8.13. The van der Waals surface area contributed by atoms with Gasteiger partial charge in [-0.25, -0.2) is 0 Å². The molecule has 0 aliphatic carbocycles. The Kier molecular flexibility index (Phi) is 5.61. The largest absolute Gasteiger partial charge is 0.396 e. The fourth-order valence-electron chi connectivity index (χ4n) is 1.67. The monoisotopic (exact) mass is 241 g/mol. The molecule has 5 heteroatoms. The van der Waals surface area contributed by atoms with Crippen molar-refractivity contribution in [2.75, 3.05) is 13.2 Å². The molecule has 0 aliphatic heterocycles. The zero-order valence-electron chi connectivity index (χ0n) is 10.7. The Morgan fingerprint density at radius 2 is 2.18 bits per heavy atom. The lowest BCUT2D eigenvalue weighted by Crippen LogP contribution is -2.41. The smallest absolute Gasteiger partial charge is 0.0640 e. The molecule has 3 N–H and O–H groups in total. The van der Waals surface area contributed by atoms with E-state index in [0.717, 1.165) is 24.9 Å². The quantitative estimate of drug-likeness (QED) is 0.620. The number of aromatic nitrogens is 2. The van der Waals surface area contributed by atoms with Crippen LogP contribution >= 0.6 is 0 Å². The van der Waals surface area contributed by atoms with Crippen LogP contribution in [0.25, 0.3) is 0 Å². The molecule has 0 saturated heterocycles. The molecule has 0 spiro atoms. The summed E-state index contributed by atoms with van der Waals surface area (Å²) >= 11 is 0. The van der Waals surface area contributed by atoms with E-state index in [-0.39, 0.29) is 18.8 Å². The Morgan fingerprint density at radius 3 is 2.76 bits per heavy atom. The maximum Gasteiger partial charge on any atom is 0.0640 e. The third-order valence-corrected chi connectivity index (χ3v) is 3.18. The molecule has 1 atom stereocenters. The van der Waals surface area contributed by atoms with Gasteiger partial charge in [-0.1, -0.05) is 6.92 Å². The average molecular weight is 241 g/mol. The summed E-state index contributed by atoms with van der Waals surface area (Å²) in [7, 11) is 0. The highest BCUT2D eigenvalue weighted by Gasteiger charge is 2.20. The second-order valence-corrected chi connectivity index (χ2v) is 4.58. The van der Waals surface area contributed by atoms with Crippen molar-refractivity contribution < 1.29 is 10.2 Å². The SMILES string of the molecule is CCC(C)(CCO)NCc1cnn(CCO)c1. The molecular formula is C12H23N3O2. The molecule has 1 aromatic rings. The summed E-state index contributed by atoms with van der Waals surface area (Å²) in [6.45, 7) is 5.78. The van der Waals surface area contributed by atoms with E-state index in [4.69, 9.17) is 10.2 Å². The summed E-state index contributed by atoms with van der Waals surface area (Å²) in [5, 5.41) is 25.4. The molecule has 0 amide bonds. The Bertz CT molecular complexity index is 327. The maximum atomic E-state index is 9.02. The standard InChI is InChI=1S/C12H23N3O2/c1-3-12(2,4-6-16)13-8-11-9-14-15(10-11)5-7-17/h9-10,13,16-17H,3-8H2,1-2H3. The summed E-state index contributed by atoms with van der Waals surface area (Å²) in [6, 6.07) is 0. The first kappa shape index (κ1) is 14.2. The fourth-order valence-corrected chi connectivity index (χ4v) is 1.67. The molecule has 0 fully saturated rings. The van der Waals surface area contributed by atoms with Crippen LogP contribution in [0.5, 0.6) is 0 Å². The zero-order chi connectivity index (χ0) is 12.7. The number of hydrogen-bond acceptors (Lipinski definition) is 4. The van der Waals surface area contributed by atoms with Crippen molar-refractivity contribution in [3.05, 3.63) is 18.0 Å². The molecule has 0 saturated carbocycles. The zero-order valence-corrected chi connectivity index (χ0v) is 10.7. The van der Waals surface area contributed by atoms with Crippen molar-refractivity contribution in [2.45, 2.75) is 45.3 Å². The second kappa shape index (κ2) is 6.74. The predicted molar refractivity (Wildman–Crippen MR) is 66.6 cm³/mol. The van der Waals surface area contributed by atoms with Crippen LogP contribution < -0.4 is 5.32 Å². The minimum Gasteiger partial charge on any atom is -0.396 e. The third kappa shape index (κ3) is 4.46. The molecule has 1 aromatic heterocycles. The van der Waals surface area contributed by atoms with Crippen LogP contribution in [0, 0.1) is 0 Å². The van der Waals surface area contributed by atoms with E-state index in [1.165, 1.54) is 0 Å². The molecule has 0 bridgehead atoms. The normalized spacial score (nSPS) is 14.8. The van der Waals surface area contributed by atoms with Gasteiger partial charge < -0.3 is 15.5 Å². The summed E-state index contributed by atoms with van der Waals surface area (Å²) < 4.78 is 1.73. The van der Waals surface area contributed by atoms with Crippen molar-refractivity contribution in [2.24, 2.45) is 0 Å². The number of nitrogens with one attached hydrogen (secondary N) is 1. The summed E-state index contributed by atoms with van der Waals surface area (Å²) in [6.07, 6.45) is 5.45. The van der Waals surface area contributed by atoms with Crippen molar-refractivity contribution in [3.8, 4) is 0 Å². The van der Waals surface area contributed by atoms with E-state index >= 15 is 0 Å². The third-order valence-electron chi connectivity index (χ3n) is 3.18. The van der Waals surface area contributed by atoms with Gasteiger partial charge in [-0.05, 0) is 19.8 Å². The van der Waals surface area contributed by atoms with Gasteiger partial charge in [0, 0.05) is 30.5 Å². The molecule has 1 rings (SSSR count). The van der Waals surface area contributed by atoms with E-state index in [2.05, 4.69) is 24.3 Å².